The standard InChI is InChI=1S/C7H13N3OS/c1-3-4-12(8,11)7-5-9-10(2)6-7/h5-6,8H,3-4H2,1-2H3/t12-/m0/s1. The predicted octanol–water partition coefficient (Wildman–Crippen LogP) is 1.24. The van der Waals surface area contributed by atoms with Gasteiger partial charge in [0.2, 0.25) is 0 Å². The van der Waals surface area contributed by atoms with Crippen molar-refractivity contribution in [2.45, 2.75) is 18.2 Å². The lowest BCUT2D eigenvalue weighted by Crippen LogP contribution is -2.02. The maximum Gasteiger partial charge on any atom is 0.0851 e. The Morgan fingerprint density at radius 2 is 2.42 bits per heavy atom. The molecule has 5 heteroatoms. The third-order valence-electron chi connectivity index (χ3n) is 1.55. The summed E-state index contributed by atoms with van der Waals surface area (Å²) in [6.07, 6.45) is 3.91. The van der Waals surface area contributed by atoms with Crippen molar-refractivity contribution in [1.82, 2.24) is 9.78 Å². The molecule has 0 spiro atoms. The highest BCUT2D eigenvalue weighted by Crippen LogP contribution is 2.10. The average Bonchev–Trinajstić information content (AvgIpc) is 2.36. The predicted molar refractivity (Wildman–Crippen MR) is 47.5 cm³/mol. The summed E-state index contributed by atoms with van der Waals surface area (Å²) in [5.74, 6) is 0.415. The summed E-state index contributed by atoms with van der Waals surface area (Å²) in [7, 11) is -0.818. The molecule has 1 heterocycles. The lowest BCUT2D eigenvalue weighted by Gasteiger charge is -2.00. The molecule has 0 unspecified atom stereocenters. The van der Waals surface area contributed by atoms with Crippen LogP contribution in [0, 0.1) is 4.78 Å². The van der Waals surface area contributed by atoms with E-state index in [-0.39, 0.29) is 0 Å². The quantitative estimate of drug-likeness (QED) is 0.773. The normalized spacial score (nSPS) is 15.8. The largest absolute Gasteiger partial charge is 0.275 e. The average molecular weight is 187 g/mol. The molecule has 0 saturated carbocycles. The molecule has 0 amide bonds. The van der Waals surface area contributed by atoms with E-state index in [1.54, 1.807) is 17.9 Å². The van der Waals surface area contributed by atoms with E-state index in [4.69, 9.17) is 4.78 Å². The second-order valence-corrected chi connectivity index (χ2v) is 4.96. The van der Waals surface area contributed by atoms with Crippen LogP contribution in [0.1, 0.15) is 13.3 Å². The smallest absolute Gasteiger partial charge is 0.0851 e. The molecule has 4 nitrogen and oxygen atoms in total. The highest BCUT2D eigenvalue weighted by Gasteiger charge is 2.09. The van der Waals surface area contributed by atoms with Crippen LogP contribution >= 0.6 is 0 Å². The summed E-state index contributed by atoms with van der Waals surface area (Å²) in [6, 6.07) is 0. The van der Waals surface area contributed by atoms with E-state index in [0.29, 0.717) is 10.6 Å². The van der Waals surface area contributed by atoms with E-state index in [2.05, 4.69) is 5.10 Å². The van der Waals surface area contributed by atoms with Gasteiger partial charge in [-0.2, -0.15) is 5.10 Å². The fourth-order valence-electron chi connectivity index (χ4n) is 0.974. The first kappa shape index (κ1) is 9.25. The monoisotopic (exact) mass is 187 g/mol. The molecule has 0 aliphatic rings. The van der Waals surface area contributed by atoms with E-state index in [1.807, 2.05) is 6.92 Å². The van der Waals surface area contributed by atoms with Gasteiger partial charge in [-0.25, -0.2) is 8.99 Å². The topological polar surface area (TPSA) is 58.7 Å². The lowest BCUT2D eigenvalue weighted by atomic mass is 10.6. The van der Waals surface area contributed by atoms with Crippen molar-refractivity contribution in [3.63, 3.8) is 0 Å². The minimum absolute atomic E-state index is 0.415. The molecule has 68 valence electrons. The van der Waals surface area contributed by atoms with Crippen LogP contribution in [0.4, 0.5) is 0 Å². The number of rotatable bonds is 3. The van der Waals surface area contributed by atoms with E-state index in [9.17, 15) is 4.21 Å². The fraction of sp³-hybridized carbons (Fsp3) is 0.571. The second kappa shape index (κ2) is 3.26. The van der Waals surface area contributed by atoms with Gasteiger partial charge in [0.1, 0.15) is 0 Å². The number of aryl methyl sites for hydroxylation is 1. The highest BCUT2D eigenvalue weighted by molar-refractivity contribution is 7.92. The Balaban J connectivity index is 2.98. The van der Waals surface area contributed by atoms with Gasteiger partial charge in [0.15, 0.2) is 0 Å². The van der Waals surface area contributed by atoms with Crippen LogP contribution in [0.15, 0.2) is 17.3 Å². The molecule has 0 fully saturated rings. The first-order valence-electron chi connectivity index (χ1n) is 3.81. The van der Waals surface area contributed by atoms with Gasteiger partial charge in [-0.3, -0.25) is 4.68 Å². The van der Waals surface area contributed by atoms with Crippen molar-refractivity contribution in [3.8, 4) is 0 Å². The molecule has 1 aromatic heterocycles. The molecular formula is C7H13N3OS. The number of hydrogen-bond acceptors (Lipinski definition) is 3. The van der Waals surface area contributed by atoms with Crippen molar-refractivity contribution < 1.29 is 4.21 Å². The summed E-state index contributed by atoms with van der Waals surface area (Å²) in [6.45, 7) is 1.92. The van der Waals surface area contributed by atoms with E-state index in [1.165, 1.54) is 6.20 Å². The lowest BCUT2D eigenvalue weighted by molar-refractivity contribution is 0.673. The van der Waals surface area contributed by atoms with E-state index < -0.39 is 9.73 Å². The van der Waals surface area contributed by atoms with E-state index >= 15 is 0 Å². The number of nitrogens with one attached hydrogen (secondary N) is 1. The molecule has 1 rings (SSSR count). The number of aromatic nitrogens is 2. The van der Waals surface area contributed by atoms with Gasteiger partial charge in [-0.05, 0) is 6.42 Å². The van der Waals surface area contributed by atoms with E-state index in [0.717, 1.165) is 6.42 Å². The zero-order chi connectivity index (χ0) is 9.19. The Morgan fingerprint density at radius 1 is 1.75 bits per heavy atom. The molecule has 1 aromatic rings. The highest BCUT2D eigenvalue weighted by atomic mass is 32.2. The van der Waals surface area contributed by atoms with Crippen molar-refractivity contribution in [2.75, 3.05) is 5.75 Å². The van der Waals surface area contributed by atoms with Crippen LogP contribution in [-0.2, 0) is 16.8 Å². The van der Waals surface area contributed by atoms with Crippen LogP contribution < -0.4 is 0 Å². The SMILES string of the molecule is CCC[S@](=N)(=O)c1cnn(C)c1. The van der Waals surface area contributed by atoms with Crippen molar-refractivity contribution in [1.29, 1.82) is 4.78 Å². The van der Waals surface area contributed by atoms with Gasteiger partial charge in [0.05, 0.1) is 20.8 Å². The van der Waals surface area contributed by atoms with Gasteiger partial charge < -0.3 is 0 Å². The van der Waals surface area contributed by atoms with Gasteiger partial charge in [0.25, 0.3) is 0 Å². The van der Waals surface area contributed by atoms with Crippen LogP contribution in [0.3, 0.4) is 0 Å². The molecule has 1 atom stereocenters. The third-order valence-corrected chi connectivity index (χ3v) is 3.51. The van der Waals surface area contributed by atoms with Gasteiger partial charge in [-0.15, -0.1) is 0 Å². The Kier molecular flexibility index (Phi) is 2.52. The summed E-state index contributed by atoms with van der Waals surface area (Å²) in [4.78, 5) is 0.534. The minimum Gasteiger partial charge on any atom is -0.275 e. The first-order valence-corrected chi connectivity index (χ1v) is 5.54. The van der Waals surface area contributed by atoms with Crippen LogP contribution in [0.25, 0.3) is 0 Å². The molecule has 0 saturated heterocycles. The Bertz CT molecular complexity index is 352. The van der Waals surface area contributed by atoms with Crippen LogP contribution in [-0.4, -0.2) is 19.7 Å². The Morgan fingerprint density at radius 3 is 2.83 bits per heavy atom. The van der Waals surface area contributed by atoms with Gasteiger partial charge in [0, 0.05) is 19.0 Å². The Hall–Kier alpha value is -0.840. The van der Waals surface area contributed by atoms with Gasteiger partial charge >= 0.3 is 0 Å². The molecule has 0 bridgehead atoms. The molecular weight excluding hydrogens is 174 g/mol. The fourth-order valence-corrected chi connectivity index (χ4v) is 2.33. The first-order chi connectivity index (χ1) is 5.56. The van der Waals surface area contributed by atoms with Crippen molar-refractivity contribution >= 4 is 9.73 Å². The van der Waals surface area contributed by atoms with Gasteiger partial charge in [-0.1, -0.05) is 6.92 Å². The second-order valence-electron chi connectivity index (χ2n) is 2.73. The number of nitrogens with zero attached hydrogens (tertiary/aromatic N) is 2. The zero-order valence-corrected chi connectivity index (χ0v) is 8.10. The van der Waals surface area contributed by atoms with Crippen LogP contribution in [0.5, 0.6) is 0 Å². The molecule has 0 radical (unpaired) electrons. The summed E-state index contributed by atoms with van der Waals surface area (Å²) in [5, 5.41) is 3.88. The summed E-state index contributed by atoms with van der Waals surface area (Å²) in [5.41, 5.74) is 0. The van der Waals surface area contributed by atoms with Crippen LogP contribution in [0.2, 0.25) is 0 Å². The summed E-state index contributed by atoms with van der Waals surface area (Å²) >= 11 is 0. The third kappa shape index (κ3) is 1.85. The molecule has 0 aliphatic heterocycles. The minimum atomic E-state index is -2.57. The maximum absolute atomic E-state index is 11.6. The molecule has 0 aromatic carbocycles. The maximum atomic E-state index is 11.6. The summed E-state index contributed by atoms with van der Waals surface area (Å²) < 4.78 is 20.7. The molecule has 1 N–H and O–H groups in total. The Labute approximate surface area is 72.6 Å². The number of hydrogen-bond donors (Lipinski definition) is 1. The zero-order valence-electron chi connectivity index (χ0n) is 7.28. The van der Waals surface area contributed by atoms with Crippen molar-refractivity contribution in [3.05, 3.63) is 12.4 Å². The molecule has 12 heavy (non-hydrogen) atoms. The molecule has 0 aliphatic carbocycles. The van der Waals surface area contributed by atoms with Crippen molar-refractivity contribution in [2.24, 2.45) is 7.05 Å².